The van der Waals surface area contributed by atoms with E-state index in [-0.39, 0.29) is 17.1 Å². The summed E-state index contributed by atoms with van der Waals surface area (Å²) in [6.45, 7) is 7.20. The van der Waals surface area contributed by atoms with Gasteiger partial charge in [0, 0.05) is 12.3 Å². The maximum absolute atomic E-state index is 11.6. The van der Waals surface area contributed by atoms with E-state index in [1.165, 1.54) is 11.1 Å². The first-order valence-corrected chi connectivity index (χ1v) is 9.15. The number of ether oxygens (including phenoxy) is 2. The second kappa shape index (κ2) is 9.54. The molecule has 0 N–H and O–H groups in total. The molecule has 0 aliphatic carbocycles. The fourth-order valence-corrected chi connectivity index (χ4v) is 3.46. The molecule has 1 unspecified atom stereocenters. The van der Waals surface area contributed by atoms with Crippen LogP contribution in [0, 0.1) is 5.41 Å². The monoisotopic (exact) mass is 354 g/mol. The molecule has 0 heterocycles. The van der Waals surface area contributed by atoms with E-state index in [2.05, 4.69) is 38.1 Å². The van der Waals surface area contributed by atoms with Gasteiger partial charge in [-0.1, -0.05) is 56.3 Å². The molecule has 0 fully saturated rings. The first-order valence-electron chi connectivity index (χ1n) is 9.15. The Balaban J connectivity index is 2.07. The van der Waals surface area contributed by atoms with Gasteiger partial charge in [0.25, 0.3) is 0 Å². The molecule has 0 aliphatic rings. The lowest BCUT2D eigenvalue weighted by Gasteiger charge is -2.29. The van der Waals surface area contributed by atoms with Gasteiger partial charge in [-0.05, 0) is 42.0 Å². The molecule has 0 saturated carbocycles. The van der Waals surface area contributed by atoms with Crippen molar-refractivity contribution in [1.82, 2.24) is 0 Å². The molecular formula is C23H30O3. The fourth-order valence-electron chi connectivity index (χ4n) is 3.46. The summed E-state index contributed by atoms with van der Waals surface area (Å²) in [5.41, 5.74) is 2.33. The predicted molar refractivity (Wildman–Crippen MR) is 106 cm³/mol. The van der Waals surface area contributed by atoms with E-state index in [0.29, 0.717) is 19.6 Å². The van der Waals surface area contributed by atoms with E-state index in [1.807, 2.05) is 30.3 Å². The van der Waals surface area contributed by atoms with Crippen molar-refractivity contribution in [3.63, 3.8) is 0 Å². The fraction of sp³-hybridized carbons (Fsp3) is 0.435. The van der Waals surface area contributed by atoms with Gasteiger partial charge in [0.1, 0.15) is 11.5 Å². The topological polar surface area (TPSA) is 35.5 Å². The van der Waals surface area contributed by atoms with E-state index >= 15 is 0 Å². The summed E-state index contributed by atoms with van der Waals surface area (Å²) in [7, 11) is 1.67. The predicted octanol–water partition coefficient (Wildman–Crippen LogP) is 5.39. The number of methoxy groups -OCH3 is 1. The zero-order valence-corrected chi connectivity index (χ0v) is 16.3. The number of carbonyl (C=O) groups excluding carboxylic acids is 1. The molecule has 2 rings (SSSR count). The highest BCUT2D eigenvalue weighted by Crippen LogP contribution is 2.35. The standard InChI is InChI=1S/C23H30O3/c1-18(24)14-23(2,3)15-21(20-10-12-22(25-4)13-11-20)17-26-16-19-8-6-5-7-9-19/h5-13,21H,14-17H2,1-4H3. The summed E-state index contributed by atoms with van der Waals surface area (Å²) < 4.78 is 11.3. The highest BCUT2D eigenvalue weighted by atomic mass is 16.5. The van der Waals surface area contributed by atoms with E-state index in [9.17, 15) is 4.79 Å². The van der Waals surface area contributed by atoms with Gasteiger partial charge in [-0.15, -0.1) is 0 Å². The molecule has 3 nitrogen and oxygen atoms in total. The van der Waals surface area contributed by atoms with Crippen molar-refractivity contribution < 1.29 is 14.3 Å². The first-order chi connectivity index (χ1) is 12.4. The number of ketones is 1. The summed E-state index contributed by atoms with van der Waals surface area (Å²) >= 11 is 0. The second-order valence-electron chi connectivity index (χ2n) is 7.72. The maximum Gasteiger partial charge on any atom is 0.130 e. The summed E-state index contributed by atoms with van der Waals surface area (Å²) in [5.74, 6) is 1.31. The van der Waals surface area contributed by atoms with Crippen LogP contribution in [0.1, 0.15) is 50.7 Å². The number of carbonyl (C=O) groups is 1. The summed E-state index contributed by atoms with van der Waals surface area (Å²) in [4.78, 5) is 11.6. The third-order valence-corrected chi connectivity index (χ3v) is 4.54. The van der Waals surface area contributed by atoms with Crippen LogP contribution in [0.2, 0.25) is 0 Å². The van der Waals surface area contributed by atoms with Crippen LogP contribution in [0.4, 0.5) is 0 Å². The molecule has 0 amide bonds. The SMILES string of the molecule is COc1ccc(C(COCc2ccccc2)CC(C)(C)CC(C)=O)cc1. The van der Waals surface area contributed by atoms with E-state index in [4.69, 9.17) is 9.47 Å². The molecule has 3 heteroatoms. The molecule has 0 spiro atoms. The second-order valence-corrected chi connectivity index (χ2v) is 7.72. The van der Waals surface area contributed by atoms with Gasteiger partial charge in [-0.2, -0.15) is 0 Å². The van der Waals surface area contributed by atoms with E-state index < -0.39 is 0 Å². The first kappa shape index (κ1) is 20.2. The molecular weight excluding hydrogens is 324 g/mol. The van der Waals surface area contributed by atoms with Gasteiger partial charge in [0.05, 0.1) is 20.3 Å². The number of benzene rings is 2. The minimum Gasteiger partial charge on any atom is -0.497 e. The molecule has 2 aromatic carbocycles. The van der Waals surface area contributed by atoms with Crippen molar-refractivity contribution in [2.45, 2.75) is 46.1 Å². The smallest absolute Gasteiger partial charge is 0.130 e. The Bertz CT molecular complexity index is 674. The third kappa shape index (κ3) is 6.64. The van der Waals surface area contributed by atoms with Crippen LogP contribution in [-0.4, -0.2) is 19.5 Å². The molecule has 1 atom stereocenters. The van der Waals surface area contributed by atoms with E-state index in [0.717, 1.165) is 12.2 Å². The Kier molecular flexibility index (Phi) is 7.40. The van der Waals surface area contributed by atoms with Crippen molar-refractivity contribution in [3.05, 3.63) is 65.7 Å². The summed E-state index contributed by atoms with van der Waals surface area (Å²) in [6, 6.07) is 18.4. The van der Waals surface area contributed by atoms with Crippen LogP contribution >= 0.6 is 0 Å². The Labute approximate surface area is 157 Å². The number of Topliss-reactive ketones (excluding diaryl/α,β-unsaturated/α-hetero) is 1. The third-order valence-electron chi connectivity index (χ3n) is 4.54. The van der Waals surface area contributed by atoms with Gasteiger partial charge in [-0.25, -0.2) is 0 Å². The Morgan fingerprint density at radius 3 is 2.27 bits per heavy atom. The average Bonchev–Trinajstić information content (AvgIpc) is 2.60. The molecule has 26 heavy (non-hydrogen) atoms. The Morgan fingerprint density at radius 1 is 1.04 bits per heavy atom. The van der Waals surface area contributed by atoms with Crippen LogP contribution in [0.5, 0.6) is 5.75 Å². The maximum atomic E-state index is 11.6. The van der Waals surface area contributed by atoms with Crippen LogP contribution in [-0.2, 0) is 16.1 Å². The Hall–Kier alpha value is -2.13. The van der Waals surface area contributed by atoms with Crippen LogP contribution in [0.3, 0.4) is 0 Å². The summed E-state index contributed by atoms with van der Waals surface area (Å²) in [6.07, 6.45) is 1.48. The van der Waals surface area contributed by atoms with Crippen LogP contribution < -0.4 is 4.74 Å². The summed E-state index contributed by atoms with van der Waals surface area (Å²) in [5, 5.41) is 0. The highest BCUT2D eigenvalue weighted by molar-refractivity contribution is 5.76. The molecule has 0 radical (unpaired) electrons. The van der Waals surface area contributed by atoms with Gasteiger partial charge < -0.3 is 14.3 Å². The highest BCUT2D eigenvalue weighted by Gasteiger charge is 2.26. The normalized spacial score (nSPS) is 12.6. The molecule has 0 saturated heterocycles. The quantitative estimate of drug-likeness (QED) is 0.574. The lowest BCUT2D eigenvalue weighted by Crippen LogP contribution is -2.22. The van der Waals surface area contributed by atoms with Gasteiger partial charge >= 0.3 is 0 Å². The molecule has 0 aliphatic heterocycles. The molecule has 0 bridgehead atoms. The van der Waals surface area contributed by atoms with Crippen molar-refractivity contribution in [3.8, 4) is 5.75 Å². The zero-order valence-electron chi connectivity index (χ0n) is 16.3. The molecule has 2 aromatic rings. The zero-order chi connectivity index (χ0) is 19.0. The number of rotatable bonds is 10. The number of hydrogen-bond acceptors (Lipinski definition) is 3. The number of hydrogen-bond donors (Lipinski definition) is 0. The largest absolute Gasteiger partial charge is 0.497 e. The van der Waals surface area contributed by atoms with Crippen molar-refractivity contribution in [2.75, 3.05) is 13.7 Å². The Morgan fingerprint density at radius 2 is 1.69 bits per heavy atom. The minimum absolute atomic E-state index is 0.0630. The van der Waals surface area contributed by atoms with Crippen LogP contribution in [0.25, 0.3) is 0 Å². The molecule has 0 aromatic heterocycles. The van der Waals surface area contributed by atoms with E-state index in [1.54, 1.807) is 14.0 Å². The van der Waals surface area contributed by atoms with Crippen LogP contribution in [0.15, 0.2) is 54.6 Å². The van der Waals surface area contributed by atoms with Crippen molar-refractivity contribution in [2.24, 2.45) is 5.41 Å². The minimum atomic E-state index is -0.0630. The van der Waals surface area contributed by atoms with Gasteiger partial charge in [-0.3, -0.25) is 0 Å². The molecule has 140 valence electrons. The van der Waals surface area contributed by atoms with Gasteiger partial charge in [0.15, 0.2) is 0 Å². The lowest BCUT2D eigenvalue weighted by molar-refractivity contribution is -0.119. The lowest BCUT2D eigenvalue weighted by atomic mass is 9.77. The van der Waals surface area contributed by atoms with Crippen molar-refractivity contribution >= 4 is 5.78 Å². The average molecular weight is 354 g/mol. The van der Waals surface area contributed by atoms with Gasteiger partial charge in [0.2, 0.25) is 0 Å². The van der Waals surface area contributed by atoms with Crippen molar-refractivity contribution in [1.29, 1.82) is 0 Å².